The van der Waals surface area contributed by atoms with E-state index in [9.17, 15) is 0 Å². The van der Waals surface area contributed by atoms with Crippen LogP contribution in [0.3, 0.4) is 0 Å². The lowest BCUT2D eigenvalue weighted by atomic mass is 9.90. The van der Waals surface area contributed by atoms with E-state index in [0.717, 1.165) is 31.0 Å². The normalized spacial score (nSPS) is 11.9. The van der Waals surface area contributed by atoms with Crippen LogP contribution < -0.4 is 5.32 Å². The van der Waals surface area contributed by atoms with Gasteiger partial charge in [0.1, 0.15) is 11.5 Å². The third-order valence-electron chi connectivity index (χ3n) is 3.16. The average molecular weight is 247 g/mol. The number of rotatable bonds is 6. The maximum Gasteiger partial charge on any atom is 0.138 e. The van der Waals surface area contributed by atoms with Crippen molar-refractivity contribution in [2.24, 2.45) is 5.41 Å². The largest absolute Gasteiger partial charge is 0.385 e. The first-order valence-electron chi connectivity index (χ1n) is 6.27. The van der Waals surface area contributed by atoms with E-state index in [4.69, 9.17) is 4.74 Å². The van der Waals surface area contributed by atoms with Crippen LogP contribution in [-0.2, 0) is 4.74 Å². The average Bonchev–Trinajstić information content (AvgIpc) is 2.82. The Labute approximate surface area is 108 Å². The highest BCUT2D eigenvalue weighted by Crippen LogP contribution is 2.21. The molecule has 98 valence electrons. The van der Waals surface area contributed by atoms with Crippen molar-refractivity contribution in [3.05, 3.63) is 30.6 Å². The van der Waals surface area contributed by atoms with E-state index in [1.54, 1.807) is 7.11 Å². The number of nitrogens with one attached hydrogen (secondary N) is 1. The van der Waals surface area contributed by atoms with Crippen molar-refractivity contribution < 1.29 is 4.74 Å². The molecule has 0 radical (unpaired) electrons. The van der Waals surface area contributed by atoms with Crippen LogP contribution >= 0.6 is 0 Å². The van der Waals surface area contributed by atoms with Gasteiger partial charge >= 0.3 is 0 Å². The van der Waals surface area contributed by atoms with Gasteiger partial charge in [-0.25, -0.2) is 4.98 Å². The monoisotopic (exact) mass is 247 g/mol. The van der Waals surface area contributed by atoms with Gasteiger partial charge in [0.2, 0.25) is 0 Å². The minimum absolute atomic E-state index is 0.207. The molecule has 0 unspecified atom stereocenters. The number of fused-ring (bicyclic) bond motifs is 1. The predicted octanol–water partition coefficient (Wildman–Crippen LogP) is 2.81. The summed E-state index contributed by atoms with van der Waals surface area (Å²) < 4.78 is 7.21. The summed E-state index contributed by atoms with van der Waals surface area (Å²) in [6, 6.07) is 6.09. The quantitative estimate of drug-likeness (QED) is 0.853. The first-order valence-corrected chi connectivity index (χ1v) is 6.27. The van der Waals surface area contributed by atoms with E-state index in [-0.39, 0.29) is 5.41 Å². The first-order chi connectivity index (χ1) is 8.62. The van der Waals surface area contributed by atoms with Gasteiger partial charge in [-0.1, -0.05) is 19.9 Å². The van der Waals surface area contributed by atoms with Crippen molar-refractivity contribution in [3.63, 3.8) is 0 Å². The molecule has 0 aliphatic carbocycles. The molecule has 2 rings (SSSR count). The van der Waals surface area contributed by atoms with Gasteiger partial charge in [0.05, 0.1) is 0 Å². The Hall–Kier alpha value is -1.55. The Balaban J connectivity index is 2.03. The highest BCUT2D eigenvalue weighted by Gasteiger charge is 2.17. The SMILES string of the molecule is COCCC(C)(C)CNc1cccc2nccn12. The first kappa shape index (κ1) is 12.9. The molecule has 0 aliphatic rings. The lowest BCUT2D eigenvalue weighted by molar-refractivity contribution is 0.157. The smallest absolute Gasteiger partial charge is 0.138 e. The van der Waals surface area contributed by atoms with Crippen LogP contribution in [0.5, 0.6) is 0 Å². The van der Waals surface area contributed by atoms with Gasteiger partial charge in [-0.2, -0.15) is 0 Å². The Morgan fingerprint density at radius 3 is 3.00 bits per heavy atom. The summed E-state index contributed by atoms with van der Waals surface area (Å²) in [6.45, 7) is 6.19. The molecular formula is C14H21N3O. The Morgan fingerprint density at radius 1 is 1.39 bits per heavy atom. The van der Waals surface area contributed by atoms with Gasteiger partial charge < -0.3 is 10.1 Å². The van der Waals surface area contributed by atoms with Gasteiger partial charge in [-0.3, -0.25) is 4.40 Å². The minimum atomic E-state index is 0.207. The molecule has 0 atom stereocenters. The van der Waals surface area contributed by atoms with Gasteiger partial charge in [0.25, 0.3) is 0 Å². The molecule has 1 N–H and O–H groups in total. The molecule has 0 aromatic carbocycles. The summed E-state index contributed by atoms with van der Waals surface area (Å²) in [5.74, 6) is 1.08. The summed E-state index contributed by atoms with van der Waals surface area (Å²) in [6.07, 6.45) is 4.83. The number of ether oxygens (including phenoxy) is 1. The van der Waals surface area contributed by atoms with Crippen LogP contribution in [0, 0.1) is 5.41 Å². The molecule has 0 spiro atoms. The molecule has 0 aliphatic heterocycles. The Bertz CT molecular complexity index is 504. The fraction of sp³-hybridized carbons (Fsp3) is 0.500. The molecule has 4 heteroatoms. The van der Waals surface area contributed by atoms with Crippen molar-refractivity contribution in [3.8, 4) is 0 Å². The van der Waals surface area contributed by atoms with Crippen molar-refractivity contribution in [1.29, 1.82) is 0 Å². The Kier molecular flexibility index (Phi) is 3.87. The Morgan fingerprint density at radius 2 is 2.22 bits per heavy atom. The number of nitrogens with zero attached hydrogens (tertiary/aromatic N) is 2. The number of hydrogen-bond donors (Lipinski definition) is 1. The highest BCUT2D eigenvalue weighted by atomic mass is 16.5. The summed E-state index contributed by atoms with van der Waals surface area (Å²) in [4.78, 5) is 4.28. The maximum absolute atomic E-state index is 5.14. The molecular weight excluding hydrogens is 226 g/mol. The third-order valence-corrected chi connectivity index (χ3v) is 3.16. The number of anilines is 1. The minimum Gasteiger partial charge on any atom is -0.385 e. The zero-order valence-electron chi connectivity index (χ0n) is 11.3. The van der Waals surface area contributed by atoms with E-state index in [1.807, 2.05) is 24.5 Å². The van der Waals surface area contributed by atoms with E-state index < -0.39 is 0 Å². The molecule has 2 aromatic heterocycles. The zero-order chi connectivity index (χ0) is 13.0. The lowest BCUT2D eigenvalue weighted by Crippen LogP contribution is -2.25. The number of hydrogen-bond acceptors (Lipinski definition) is 3. The van der Waals surface area contributed by atoms with E-state index in [2.05, 4.69) is 34.6 Å². The van der Waals surface area contributed by atoms with Gasteiger partial charge in [-0.05, 0) is 24.0 Å². The summed E-state index contributed by atoms with van der Waals surface area (Å²) >= 11 is 0. The van der Waals surface area contributed by atoms with Gasteiger partial charge in [-0.15, -0.1) is 0 Å². The van der Waals surface area contributed by atoms with E-state index in [1.165, 1.54) is 0 Å². The van der Waals surface area contributed by atoms with Crippen molar-refractivity contribution >= 4 is 11.5 Å². The molecule has 2 heterocycles. The topological polar surface area (TPSA) is 38.6 Å². The molecule has 0 bridgehead atoms. The van der Waals surface area contributed by atoms with Gasteiger partial charge in [0.15, 0.2) is 0 Å². The molecule has 18 heavy (non-hydrogen) atoms. The second kappa shape index (κ2) is 5.40. The van der Waals surface area contributed by atoms with Crippen LogP contribution in [0.1, 0.15) is 20.3 Å². The van der Waals surface area contributed by atoms with E-state index >= 15 is 0 Å². The van der Waals surface area contributed by atoms with Crippen molar-refractivity contribution in [2.45, 2.75) is 20.3 Å². The van der Waals surface area contributed by atoms with Crippen LogP contribution in [0.15, 0.2) is 30.6 Å². The van der Waals surface area contributed by atoms with Gasteiger partial charge in [0, 0.05) is 32.7 Å². The van der Waals surface area contributed by atoms with Crippen molar-refractivity contribution in [2.75, 3.05) is 25.6 Å². The maximum atomic E-state index is 5.14. The fourth-order valence-corrected chi connectivity index (χ4v) is 1.89. The highest BCUT2D eigenvalue weighted by molar-refractivity contribution is 5.49. The number of imidazole rings is 1. The number of methoxy groups -OCH3 is 1. The molecule has 0 amide bonds. The molecule has 0 saturated heterocycles. The molecule has 0 fully saturated rings. The molecule has 2 aromatic rings. The van der Waals surface area contributed by atoms with Crippen molar-refractivity contribution in [1.82, 2.24) is 9.38 Å². The summed E-state index contributed by atoms with van der Waals surface area (Å²) in [7, 11) is 1.75. The fourth-order valence-electron chi connectivity index (χ4n) is 1.89. The zero-order valence-corrected chi connectivity index (χ0v) is 11.3. The third kappa shape index (κ3) is 3.01. The standard InChI is InChI=1S/C14H21N3O/c1-14(2,7-10-18-3)11-16-13-6-4-5-12-15-8-9-17(12)13/h4-6,8-9,16H,7,10-11H2,1-3H3. The second-order valence-electron chi connectivity index (χ2n) is 5.33. The van der Waals surface area contributed by atoms with Crippen LogP contribution in [0.4, 0.5) is 5.82 Å². The second-order valence-corrected chi connectivity index (χ2v) is 5.33. The summed E-state index contributed by atoms with van der Waals surface area (Å²) in [5, 5.41) is 3.49. The lowest BCUT2D eigenvalue weighted by Gasteiger charge is -2.25. The number of aromatic nitrogens is 2. The number of pyridine rings is 1. The summed E-state index contributed by atoms with van der Waals surface area (Å²) in [5.41, 5.74) is 1.17. The van der Waals surface area contributed by atoms with Crippen LogP contribution in [-0.4, -0.2) is 29.6 Å². The molecule has 0 saturated carbocycles. The van der Waals surface area contributed by atoms with Crippen LogP contribution in [0.2, 0.25) is 0 Å². The van der Waals surface area contributed by atoms with E-state index in [0.29, 0.717) is 0 Å². The molecule has 4 nitrogen and oxygen atoms in total. The predicted molar refractivity (Wildman–Crippen MR) is 74.0 cm³/mol. The van der Waals surface area contributed by atoms with Crippen LogP contribution in [0.25, 0.3) is 5.65 Å².